The lowest BCUT2D eigenvalue weighted by Crippen LogP contribution is -2.38. The summed E-state index contributed by atoms with van der Waals surface area (Å²) in [5.41, 5.74) is 1.67. The lowest BCUT2D eigenvalue weighted by atomic mass is 10.1. The van der Waals surface area contributed by atoms with E-state index in [9.17, 15) is 18.7 Å². The number of hydrogen-bond acceptors (Lipinski definition) is 8. The Morgan fingerprint density at radius 3 is 2.94 bits per heavy atom. The van der Waals surface area contributed by atoms with Gasteiger partial charge < -0.3 is 29.2 Å². The zero-order valence-corrected chi connectivity index (χ0v) is 19.0. The molecule has 0 spiro atoms. The molecule has 2 N–H and O–H groups in total. The van der Waals surface area contributed by atoms with Crippen LogP contribution < -0.4 is 10.1 Å². The number of aliphatic hydroxyl groups excluding tert-OH is 1. The van der Waals surface area contributed by atoms with Gasteiger partial charge in [0.2, 0.25) is 0 Å². The van der Waals surface area contributed by atoms with Crippen LogP contribution in [0, 0.1) is 0 Å². The molecule has 0 aliphatic carbocycles. The summed E-state index contributed by atoms with van der Waals surface area (Å²) in [6, 6.07) is 6.10. The molecule has 2 atom stereocenters. The molecule has 182 valence electrons. The van der Waals surface area contributed by atoms with Crippen molar-refractivity contribution in [3.05, 3.63) is 46.7 Å². The van der Waals surface area contributed by atoms with Gasteiger partial charge in [-0.3, -0.25) is 9.78 Å². The third kappa shape index (κ3) is 5.37. The van der Waals surface area contributed by atoms with Crippen molar-refractivity contribution in [3.63, 3.8) is 0 Å². The number of likely N-dealkylation sites (tertiary alicyclic amines) is 1. The zero-order valence-electron chi connectivity index (χ0n) is 18.2. The fourth-order valence-corrected chi connectivity index (χ4v) is 4.04. The monoisotopic (exact) mass is 496 g/mol. The van der Waals surface area contributed by atoms with Gasteiger partial charge in [0.05, 0.1) is 38.1 Å². The highest BCUT2D eigenvalue weighted by Crippen LogP contribution is 2.32. The maximum atomic E-state index is 13.2. The molecule has 3 heterocycles. The van der Waals surface area contributed by atoms with Gasteiger partial charge in [-0.2, -0.15) is 4.98 Å². The summed E-state index contributed by atoms with van der Waals surface area (Å²) in [5, 5.41) is 13.3. The molecular formula is C22H23ClF2N4O5. The van der Waals surface area contributed by atoms with Crippen LogP contribution >= 0.6 is 11.6 Å². The van der Waals surface area contributed by atoms with Crippen molar-refractivity contribution in [3.8, 4) is 5.75 Å². The average molecular weight is 497 g/mol. The minimum absolute atomic E-state index is 0.0926. The van der Waals surface area contributed by atoms with Crippen LogP contribution in [0.4, 0.5) is 14.8 Å². The van der Waals surface area contributed by atoms with Crippen LogP contribution in [0.1, 0.15) is 22.5 Å². The average Bonchev–Trinajstić information content (AvgIpc) is 3.44. The van der Waals surface area contributed by atoms with Gasteiger partial charge in [-0.1, -0.05) is 11.6 Å². The molecule has 1 saturated heterocycles. The Morgan fingerprint density at radius 2 is 2.24 bits per heavy atom. The summed E-state index contributed by atoms with van der Waals surface area (Å²) in [5.74, 6) is -0.101. The molecule has 1 unspecified atom stereocenters. The van der Waals surface area contributed by atoms with E-state index in [2.05, 4.69) is 15.3 Å². The summed E-state index contributed by atoms with van der Waals surface area (Å²) in [4.78, 5) is 23.2. The molecule has 0 bridgehead atoms. The number of carbonyl (C=O) groups is 1. The number of aliphatic hydroxyl groups is 1. The number of aromatic nitrogens is 2. The predicted octanol–water partition coefficient (Wildman–Crippen LogP) is 3.35. The number of benzene rings is 1. The second-order valence-corrected chi connectivity index (χ2v) is 8.18. The van der Waals surface area contributed by atoms with Crippen molar-refractivity contribution in [1.82, 2.24) is 14.9 Å². The summed E-state index contributed by atoms with van der Waals surface area (Å²) in [6.07, 6.45) is -1.32. The van der Waals surface area contributed by atoms with E-state index in [1.807, 2.05) is 0 Å². The number of nitrogens with zero attached hydrogens (tertiary/aromatic N) is 3. The second kappa shape index (κ2) is 10.5. The molecule has 3 aromatic rings. The molecule has 12 heteroatoms. The fourth-order valence-electron chi connectivity index (χ4n) is 3.86. The Bertz CT molecular complexity index is 1160. The Balaban J connectivity index is 1.53. The number of rotatable bonds is 9. The Morgan fingerprint density at radius 1 is 1.41 bits per heavy atom. The molecule has 1 aliphatic rings. The van der Waals surface area contributed by atoms with E-state index >= 15 is 0 Å². The van der Waals surface area contributed by atoms with E-state index in [1.54, 1.807) is 24.4 Å². The summed E-state index contributed by atoms with van der Waals surface area (Å²) in [7, 11) is 1.44. The molecule has 2 aromatic heterocycles. The van der Waals surface area contributed by atoms with Crippen LogP contribution in [0.5, 0.6) is 5.75 Å². The first-order valence-corrected chi connectivity index (χ1v) is 10.9. The van der Waals surface area contributed by atoms with Crippen LogP contribution in [-0.4, -0.2) is 71.3 Å². The first-order chi connectivity index (χ1) is 16.4. The molecule has 1 aromatic carbocycles. The number of pyridine rings is 1. The first-order valence-electron chi connectivity index (χ1n) is 10.5. The van der Waals surface area contributed by atoms with E-state index in [0.717, 1.165) is 0 Å². The van der Waals surface area contributed by atoms with Crippen molar-refractivity contribution in [2.75, 3.05) is 32.2 Å². The number of amides is 1. The number of nitrogens with one attached hydrogen (secondary N) is 1. The Kier molecular flexibility index (Phi) is 7.44. The maximum absolute atomic E-state index is 13.2. The Hall–Kier alpha value is -3.02. The van der Waals surface area contributed by atoms with E-state index < -0.39 is 31.1 Å². The van der Waals surface area contributed by atoms with Gasteiger partial charge >= 0.3 is 0 Å². The van der Waals surface area contributed by atoms with Gasteiger partial charge in [0.1, 0.15) is 12.1 Å². The number of carbonyl (C=O) groups excluding carboxylic acids is 1. The van der Waals surface area contributed by atoms with Crippen molar-refractivity contribution in [2.45, 2.75) is 31.5 Å². The van der Waals surface area contributed by atoms with Crippen LogP contribution in [0.3, 0.4) is 0 Å². The van der Waals surface area contributed by atoms with Crippen LogP contribution in [-0.2, 0) is 11.3 Å². The molecule has 1 amide bonds. The minimum Gasteiger partial charge on any atom is -0.493 e. The third-order valence-corrected chi connectivity index (χ3v) is 5.66. The standard InChI is InChI=1S/C22H23ClF2N4O5/c1-32-18-5-12(21(31)29-9-16(7-15(29)10-30)33-11-19(24)25)4-17-20(18)34-22(28-17)27-8-14-6-13(23)2-3-26-14/h2-6,15-16,19,30H,7-11H2,1H3,(H,27,28)/t15?,16-/m1/s1. The molecule has 1 aliphatic heterocycles. The van der Waals surface area contributed by atoms with Gasteiger partial charge in [-0.05, 0) is 30.7 Å². The molecule has 9 nitrogen and oxygen atoms in total. The maximum Gasteiger partial charge on any atom is 0.296 e. The van der Waals surface area contributed by atoms with Crippen molar-refractivity contribution in [1.29, 1.82) is 0 Å². The highest BCUT2D eigenvalue weighted by molar-refractivity contribution is 6.30. The summed E-state index contributed by atoms with van der Waals surface area (Å²) >= 11 is 5.98. The molecule has 1 fully saturated rings. The number of halogens is 3. The summed E-state index contributed by atoms with van der Waals surface area (Å²) < 4.78 is 41.3. The molecule has 0 saturated carbocycles. The molecule has 4 rings (SSSR count). The van der Waals surface area contributed by atoms with Crippen LogP contribution in [0.2, 0.25) is 5.02 Å². The minimum atomic E-state index is -2.60. The molecular weight excluding hydrogens is 474 g/mol. The highest BCUT2D eigenvalue weighted by atomic mass is 35.5. The topological polar surface area (TPSA) is 110 Å². The third-order valence-electron chi connectivity index (χ3n) is 5.43. The number of fused-ring (bicyclic) bond motifs is 1. The quantitative estimate of drug-likeness (QED) is 0.464. The van der Waals surface area contributed by atoms with E-state index in [1.165, 1.54) is 18.1 Å². The van der Waals surface area contributed by atoms with E-state index in [4.69, 9.17) is 25.5 Å². The number of anilines is 1. The number of oxazole rings is 1. The van der Waals surface area contributed by atoms with Crippen molar-refractivity contribution >= 4 is 34.6 Å². The first kappa shape index (κ1) is 24.1. The van der Waals surface area contributed by atoms with Gasteiger partial charge in [-0.15, -0.1) is 0 Å². The SMILES string of the molecule is COc1cc(C(=O)N2C[C@H](OCC(F)F)CC2CO)cc2nc(NCc3cc(Cl)ccn3)oc12. The van der Waals surface area contributed by atoms with Crippen LogP contribution in [0.15, 0.2) is 34.9 Å². The van der Waals surface area contributed by atoms with Gasteiger partial charge in [0.15, 0.2) is 11.3 Å². The number of alkyl halides is 2. The second-order valence-electron chi connectivity index (χ2n) is 7.74. The molecule has 0 radical (unpaired) electrons. The summed E-state index contributed by atoms with van der Waals surface area (Å²) in [6.45, 7) is -0.623. The lowest BCUT2D eigenvalue weighted by Gasteiger charge is -2.23. The van der Waals surface area contributed by atoms with Crippen molar-refractivity contribution in [2.24, 2.45) is 0 Å². The Labute approximate surface area is 198 Å². The number of methoxy groups -OCH3 is 1. The van der Waals surface area contributed by atoms with Gasteiger partial charge in [-0.25, -0.2) is 8.78 Å². The smallest absolute Gasteiger partial charge is 0.296 e. The lowest BCUT2D eigenvalue weighted by molar-refractivity contribution is -0.0194. The van der Waals surface area contributed by atoms with Crippen LogP contribution in [0.25, 0.3) is 11.1 Å². The zero-order chi connectivity index (χ0) is 24.2. The predicted molar refractivity (Wildman–Crippen MR) is 119 cm³/mol. The highest BCUT2D eigenvalue weighted by Gasteiger charge is 2.36. The van der Waals surface area contributed by atoms with Crippen molar-refractivity contribution < 1.29 is 32.6 Å². The normalized spacial score (nSPS) is 18.1. The largest absolute Gasteiger partial charge is 0.493 e. The number of hydrogen-bond donors (Lipinski definition) is 2. The molecule has 34 heavy (non-hydrogen) atoms. The van der Waals surface area contributed by atoms with E-state index in [-0.39, 0.29) is 31.2 Å². The fraction of sp³-hybridized carbons (Fsp3) is 0.409. The van der Waals surface area contributed by atoms with E-state index in [0.29, 0.717) is 34.1 Å². The van der Waals surface area contributed by atoms with Gasteiger partial charge in [0, 0.05) is 23.3 Å². The number of ether oxygens (including phenoxy) is 2. The van der Waals surface area contributed by atoms with Gasteiger partial charge in [0.25, 0.3) is 18.3 Å².